The maximum absolute atomic E-state index is 11.9. The van der Waals surface area contributed by atoms with Crippen molar-refractivity contribution in [1.29, 1.82) is 0 Å². The molecule has 0 bridgehead atoms. The van der Waals surface area contributed by atoms with Crippen LogP contribution in [-0.2, 0) is 17.8 Å². The number of H-pyrrole nitrogens is 1. The molecular formula is C14H16ClN3O. The molecule has 0 aliphatic heterocycles. The predicted molar refractivity (Wildman–Crippen MR) is 75.1 cm³/mol. The lowest BCUT2D eigenvalue weighted by Crippen LogP contribution is -2.25. The Kier molecular flexibility index (Phi) is 4.22. The summed E-state index contributed by atoms with van der Waals surface area (Å²) in [6.45, 7) is 4.34. The van der Waals surface area contributed by atoms with Crippen LogP contribution >= 0.6 is 11.6 Å². The molecule has 0 spiro atoms. The highest BCUT2D eigenvalue weighted by Crippen LogP contribution is 2.15. The zero-order chi connectivity index (χ0) is 13.8. The summed E-state index contributed by atoms with van der Waals surface area (Å²) in [4.78, 5) is 11.9. The van der Waals surface area contributed by atoms with Crippen LogP contribution in [0.3, 0.4) is 0 Å². The summed E-state index contributed by atoms with van der Waals surface area (Å²) in [7, 11) is 0. The van der Waals surface area contributed by atoms with Gasteiger partial charge in [-0.1, -0.05) is 29.8 Å². The quantitative estimate of drug-likeness (QED) is 0.902. The van der Waals surface area contributed by atoms with Crippen molar-refractivity contribution in [2.24, 2.45) is 0 Å². The number of carbonyl (C=O) groups excluding carboxylic acids is 1. The molecule has 2 N–H and O–H groups in total. The first-order valence-electron chi connectivity index (χ1n) is 6.08. The second-order valence-corrected chi connectivity index (χ2v) is 4.86. The Balaban J connectivity index is 1.94. The Bertz CT molecular complexity index is 573. The maximum Gasteiger partial charge on any atom is 0.224 e. The Morgan fingerprint density at radius 1 is 1.37 bits per heavy atom. The van der Waals surface area contributed by atoms with Crippen LogP contribution in [0.15, 0.2) is 24.3 Å². The van der Waals surface area contributed by atoms with Crippen LogP contribution in [0, 0.1) is 13.8 Å². The van der Waals surface area contributed by atoms with E-state index in [1.807, 2.05) is 32.0 Å². The number of hydrogen-bond donors (Lipinski definition) is 2. The lowest BCUT2D eigenvalue weighted by molar-refractivity contribution is -0.120. The van der Waals surface area contributed by atoms with Gasteiger partial charge in [0.1, 0.15) is 0 Å². The number of amides is 1. The zero-order valence-corrected chi connectivity index (χ0v) is 11.7. The minimum atomic E-state index is -0.0481. The van der Waals surface area contributed by atoms with Crippen molar-refractivity contribution in [2.45, 2.75) is 26.8 Å². The third-order valence-electron chi connectivity index (χ3n) is 3.05. The molecule has 5 heteroatoms. The second-order valence-electron chi connectivity index (χ2n) is 4.46. The highest BCUT2D eigenvalue weighted by molar-refractivity contribution is 6.31. The summed E-state index contributed by atoms with van der Waals surface area (Å²) >= 11 is 6.02. The number of aromatic amines is 1. The number of carbonyl (C=O) groups is 1. The third-order valence-corrected chi connectivity index (χ3v) is 3.42. The Hall–Kier alpha value is -1.81. The number of hydrogen-bond acceptors (Lipinski definition) is 2. The molecular weight excluding hydrogens is 262 g/mol. The average Bonchev–Trinajstić information content (AvgIpc) is 2.70. The third kappa shape index (κ3) is 3.35. The van der Waals surface area contributed by atoms with Crippen LogP contribution in [0.2, 0.25) is 5.02 Å². The van der Waals surface area contributed by atoms with Crippen molar-refractivity contribution in [3.8, 4) is 0 Å². The monoisotopic (exact) mass is 277 g/mol. The van der Waals surface area contributed by atoms with Crippen molar-refractivity contribution in [2.75, 3.05) is 0 Å². The van der Waals surface area contributed by atoms with Gasteiger partial charge < -0.3 is 5.32 Å². The van der Waals surface area contributed by atoms with Crippen molar-refractivity contribution >= 4 is 17.5 Å². The molecule has 0 saturated carbocycles. The Morgan fingerprint density at radius 2 is 2.11 bits per heavy atom. The van der Waals surface area contributed by atoms with E-state index < -0.39 is 0 Å². The van der Waals surface area contributed by atoms with Gasteiger partial charge in [-0.2, -0.15) is 5.10 Å². The number of benzene rings is 1. The molecule has 1 aromatic heterocycles. The van der Waals surface area contributed by atoms with E-state index in [-0.39, 0.29) is 12.3 Å². The fourth-order valence-corrected chi connectivity index (χ4v) is 2.10. The molecule has 4 nitrogen and oxygen atoms in total. The van der Waals surface area contributed by atoms with Crippen LogP contribution in [0.1, 0.15) is 22.5 Å². The van der Waals surface area contributed by atoms with Gasteiger partial charge in [-0.15, -0.1) is 0 Å². The second kappa shape index (κ2) is 5.89. The summed E-state index contributed by atoms with van der Waals surface area (Å²) in [5.74, 6) is -0.0481. The van der Waals surface area contributed by atoms with Crippen LogP contribution in [0.25, 0.3) is 0 Å². The van der Waals surface area contributed by atoms with E-state index in [1.165, 1.54) is 0 Å². The number of nitrogens with one attached hydrogen (secondary N) is 2. The number of rotatable bonds is 4. The number of aryl methyl sites for hydroxylation is 2. The molecule has 0 unspecified atom stereocenters. The molecule has 0 saturated heterocycles. The van der Waals surface area contributed by atoms with Crippen molar-refractivity contribution < 1.29 is 4.79 Å². The van der Waals surface area contributed by atoms with Crippen molar-refractivity contribution in [1.82, 2.24) is 15.5 Å². The molecule has 19 heavy (non-hydrogen) atoms. The van der Waals surface area contributed by atoms with E-state index in [4.69, 9.17) is 11.6 Å². The van der Waals surface area contributed by atoms with Crippen LogP contribution in [0.5, 0.6) is 0 Å². The molecule has 0 radical (unpaired) electrons. The first-order chi connectivity index (χ1) is 9.08. The summed E-state index contributed by atoms with van der Waals surface area (Å²) in [5.41, 5.74) is 3.76. The molecule has 100 valence electrons. The summed E-state index contributed by atoms with van der Waals surface area (Å²) in [6.07, 6.45) is 0.287. The maximum atomic E-state index is 11.9. The largest absolute Gasteiger partial charge is 0.352 e. The minimum Gasteiger partial charge on any atom is -0.352 e. The zero-order valence-electron chi connectivity index (χ0n) is 11.0. The van der Waals surface area contributed by atoms with Gasteiger partial charge in [0.15, 0.2) is 0 Å². The smallest absolute Gasteiger partial charge is 0.224 e. The summed E-state index contributed by atoms with van der Waals surface area (Å²) in [6, 6.07) is 7.37. The Morgan fingerprint density at radius 3 is 2.74 bits per heavy atom. The van der Waals surface area contributed by atoms with Crippen molar-refractivity contribution in [3.05, 3.63) is 51.8 Å². The fourth-order valence-electron chi connectivity index (χ4n) is 1.90. The highest BCUT2D eigenvalue weighted by atomic mass is 35.5. The molecule has 1 heterocycles. The Labute approximate surface area is 117 Å². The molecule has 2 rings (SSSR count). The van der Waals surface area contributed by atoms with Gasteiger partial charge in [0.25, 0.3) is 0 Å². The standard InChI is InChI=1S/C14H16ClN3O/c1-9-12(10(2)18-17-9)8-16-14(19)7-11-5-3-4-6-13(11)15/h3-6H,7-8H2,1-2H3,(H,16,19)(H,17,18). The minimum absolute atomic E-state index is 0.0481. The van der Waals surface area contributed by atoms with Gasteiger partial charge in [0, 0.05) is 22.8 Å². The summed E-state index contributed by atoms with van der Waals surface area (Å²) < 4.78 is 0. The van der Waals surface area contributed by atoms with E-state index in [2.05, 4.69) is 15.5 Å². The van der Waals surface area contributed by atoms with Gasteiger partial charge >= 0.3 is 0 Å². The van der Waals surface area contributed by atoms with E-state index >= 15 is 0 Å². The molecule has 0 atom stereocenters. The van der Waals surface area contributed by atoms with E-state index in [1.54, 1.807) is 6.07 Å². The lowest BCUT2D eigenvalue weighted by atomic mass is 10.1. The number of halogens is 1. The van der Waals surface area contributed by atoms with Crippen LogP contribution < -0.4 is 5.32 Å². The van der Waals surface area contributed by atoms with Crippen LogP contribution in [0.4, 0.5) is 0 Å². The molecule has 1 aromatic carbocycles. The fraction of sp³-hybridized carbons (Fsp3) is 0.286. The summed E-state index contributed by atoms with van der Waals surface area (Å²) in [5, 5.41) is 10.5. The normalized spacial score (nSPS) is 10.5. The van der Waals surface area contributed by atoms with Gasteiger partial charge in [-0.25, -0.2) is 0 Å². The average molecular weight is 278 g/mol. The topological polar surface area (TPSA) is 57.8 Å². The molecule has 2 aromatic rings. The van der Waals surface area contributed by atoms with Gasteiger partial charge in [0.05, 0.1) is 12.1 Å². The molecule has 0 fully saturated rings. The molecule has 0 aliphatic carbocycles. The molecule has 1 amide bonds. The van der Waals surface area contributed by atoms with Gasteiger partial charge in [0.2, 0.25) is 5.91 Å². The van der Waals surface area contributed by atoms with Crippen LogP contribution in [-0.4, -0.2) is 16.1 Å². The lowest BCUT2D eigenvalue weighted by Gasteiger charge is -2.06. The number of nitrogens with zero attached hydrogens (tertiary/aromatic N) is 1. The van der Waals surface area contributed by atoms with E-state index in [0.717, 1.165) is 22.5 Å². The van der Waals surface area contributed by atoms with E-state index in [0.29, 0.717) is 11.6 Å². The predicted octanol–water partition coefficient (Wildman–Crippen LogP) is 2.54. The SMILES string of the molecule is Cc1n[nH]c(C)c1CNC(=O)Cc1ccccc1Cl. The van der Waals surface area contributed by atoms with Gasteiger partial charge in [-0.05, 0) is 25.5 Å². The van der Waals surface area contributed by atoms with Gasteiger partial charge in [-0.3, -0.25) is 9.89 Å². The molecule has 0 aliphatic rings. The highest BCUT2D eigenvalue weighted by Gasteiger charge is 2.09. The first-order valence-corrected chi connectivity index (χ1v) is 6.46. The first kappa shape index (κ1) is 13.6. The van der Waals surface area contributed by atoms with E-state index in [9.17, 15) is 4.79 Å². The van der Waals surface area contributed by atoms with Crippen molar-refractivity contribution in [3.63, 3.8) is 0 Å². The number of aromatic nitrogens is 2.